The van der Waals surface area contributed by atoms with Crippen molar-refractivity contribution < 1.29 is 0 Å². The Kier molecular flexibility index (Phi) is 5.95. The molecule has 1 aromatic carbocycles. The number of hydrogen-bond donors (Lipinski definition) is 1. The van der Waals surface area contributed by atoms with Gasteiger partial charge in [-0.3, -0.25) is 0 Å². The van der Waals surface area contributed by atoms with Crippen LogP contribution in [0.25, 0.3) is 0 Å². The molecule has 0 aliphatic rings. The van der Waals surface area contributed by atoms with Gasteiger partial charge in [0.05, 0.1) is 11.7 Å². The molecule has 1 unspecified atom stereocenters. The molecule has 0 aliphatic heterocycles. The van der Waals surface area contributed by atoms with Crippen LogP contribution < -0.4 is 5.32 Å². The van der Waals surface area contributed by atoms with Gasteiger partial charge in [-0.25, -0.2) is 4.98 Å². The van der Waals surface area contributed by atoms with Crippen molar-refractivity contribution in [1.29, 1.82) is 0 Å². The molecule has 1 N–H and O–H groups in total. The van der Waals surface area contributed by atoms with E-state index in [-0.39, 0.29) is 6.04 Å². The van der Waals surface area contributed by atoms with E-state index in [0.29, 0.717) is 5.92 Å². The van der Waals surface area contributed by atoms with Crippen LogP contribution >= 0.6 is 11.3 Å². The molecule has 0 fully saturated rings. The van der Waals surface area contributed by atoms with Gasteiger partial charge in [0, 0.05) is 5.38 Å². The van der Waals surface area contributed by atoms with Crippen molar-refractivity contribution in [3.05, 3.63) is 51.5 Å². The monoisotopic (exact) mass is 302 g/mol. The maximum atomic E-state index is 4.87. The van der Waals surface area contributed by atoms with Crippen LogP contribution in [0.1, 0.15) is 67.9 Å². The van der Waals surface area contributed by atoms with Crippen molar-refractivity contribution in [2.24, 2.45) is 0 Å². The van der Waals surface area contributed by atoms with Gasteiger partial charge < -0.3 is 5.32 Å². The average Bonchev–Trinajstić information content (AvgIpc) is 2.98. The molecule has 0 aliphatic carbocycles. The molecule has 2 rings (SSSR count). The van der Waals surface area contributed by atoms with Crippen LogP contribution in [0.15, 0.2) is 29.6 Å². The van der Waals surface area contributed by atoms with Gasteiger partial charge in [0.2, 0.25) is 0 Å². The van der Waals surface area contributed by atoms with Crippen LogP contribution in [0.5, 0.6) is 0 Å². The summed E-state index contributed by atoms with van der Waals surface area (Å²) in [6.45, 7) is 9.84. The highest BCUT2D eigenvalue weighted by atomic mass is 32.1. The average molecular weight is 302 g/mol. The van der Waals surface area contributed by atoms with E-state index >= 15 is 0 Å². The predicted octanol–water partition coefficient (Wildman–Crippen LogP) is 4.92. The van der Waals surface area contributed by atoms with Crippen molar-refractivity contribution >= 4 is 11.3 Å². The first-order chi connectivity index (χ1) is 10.2. The Morgan fingerprint density at radius 1 is 1.19 bits per heavy atom. The van der Waals surface area contributed by atoms with Crippen molar-refractivity contribution in [2.75, 3.05) is 6.54 Å². The van der Waals surface area contributed by atoms with Crippen molar-refractivity contribution in [2.45, 2.75) is 52.5 Å². The maximum absolute atomic E-state index is 4.87. The van der Waals surface area contributed by atoms with Gasteiger partial charge in [-0.15, -0.1) is 11.3 Å². The van der Waals surface area contributed by atoms with E-state index in [2.05, 4.69) is 62.7 Å². The molecule has 0 saturated carbocycles. The zero-order chi connectivity index (χ0) is 15.2. The van der Waals surface area contributed by atoms with Gasteiger partial charge in [-0.05, 0) is 36.4 Å². The molecule has 0 radical (unpaired) electrons. The summed E-state index contributed by atoms with van der Waals surface area (Å²) in [7, 11) is 0. The highest BCUT2D eigenvalue weighted by Gasteiger charge is 2.20. The smallest absolute Gasteiger partial charge is 0.114 e. The van der Waals surface area contributed by atoms with Crippen LogP contribution in [0, 0.1) is 0 Å². The minimum Gasteiger partial charge on any atom is -0.304 e. The van der Waals surface area contributed by atoms with E-state index in [1.54, 1.807) is 11.3 Å². The Bertz CT molecular complexity index is 560. The maximum Gasteiger partial charge on any atom is 0.114 e. The van der Waals surface area contributed by atoms with Gasteiger partial charge in [-0.1, -0.05) is 52.0 Å². The summed E-state index contributed by atoms with van der Waals surface area (Å²) in [6.07, 6.45) is 2.19. The fourth-order valence-corrected chi connectivity index (χ4v) is 3.53. The number of aromatic nitrogens is 1. The van der Waals surface area contributed by atoms with E-state index in [1.807, 2.05) is 0 Å². The number of rotatable bonds is 7. The second-order valence-corrected chi connectivity index (χ2v) is 6.59. The summed E-state index contributed by atoms with van der Waals surface area (Å²) < 4.78 is 0. The standard InChI is InChI=1S/C18H26N2S/c1-5-11-19-17(15-10-8-7-9-14(15)6-2)18-20-16(12-21-18)13(3)4/h7-10,12-13,17,19H,5-6,11H2,1-4H3. The first kappa shape index (κ1) is 16.2. The Morgan fingerprint density at radius 2 is 1.95 bits per heavy atom. The second-order valence-electron chi connectivity index (χ2n) is 5.70. The third kappa shape index (κ3) is 3.92. The topological polar surface area (TPSA) is 24.9 Å². The van der Waals surface area contributed by atoms with E-state index in [1.165, 1.54) is 21.8 Å². The minimum absolute atomic E-state index is 0.221. The SMILES string of the molecule is CCCNC(c1nc(C(C)C)cs1)c1ccccc1CC. The molecular weight excluding hydrogens is 276 g/mol. The second kappa shape index (κ2) is 7.71. The molecule has 1 atom stereocenters. The van der Waals surface area contributed by atoms with Gasteiger partial charge >= 0.3 is 0 Å². The lowest BCUT2D eigenvalue weighted by molar-refractivity contribution is 0.589. The number of aryl methyl sites for hydroxylation is 1. The molecule has 2 nitrogen and oxygen atoms in total. The molecule has 21 heavy (non-hydrogen) atoms. The molecule has 1 heterocycles. The van der Waals surface area contributed by atoms with E-state index in [4.69, 9.17) is 4.98 Å². The minimum atomic E-state index is 0.221. The van der Waals surface area contributed by atoms with Gasteiger partial charge in [0.15, 0.2) is 0 Å². The molecule has 114 valence electrons. The summed E-state index contributed by atoms with van der Waals surface area (Å²) in [4.78, 5) is 4.87. The van der Waals surface area contributed by atoms with Crippen LogP contribution in [0.2, 0.25) is 0 Å². The van der Waals surface area contributed by atoms with Crippen LogP contribution in [0.4, 0.5) is 0 Å². The molecule has 2 aromatic rings. The van der Waals surface area contributed by atoms with Crippen LogP contribution in [0.3, 0.4) is 0 Å². The molecule has 3 heteroatoms. The largest absolute Gasteiger partial charge is 0.304 e. The molecule has 0 saturated heterocycles. The van der Waals surface area contributed by atoms with E-state index < -0.39 is 0 Å². The zero-order valence-corrected chi connectivity index (χ0v) is 14.3. The Labute approximate surface area is 132 Å². The van der Waals surface area contributed by atoms with E-state index in [0.717, 1.165) is 19.4 Å². The summed E-state index contributed by atoms with van der Waals surface area (Å²) in [5.41, 5.74) is 3.98. The van der Waals surface area contributed by atoms with Crippen molar-refractivity contribution in [3.63, 3.8) is 0 Å². The summed E-state index contributed by atoms with van der Waals surface area (Å²) in [5, 5.41) is 7.07. The quantitative estimate of drug-likeness (QED) is 0.785. The molecule has 1 aromatic heterocycles. The third-order valence-electron chi connectivity index (χ3n) is 3.72. The fraction of sp³-hybridized carbons (Fsp3) is 0.500. The summed E-state index contributed by atoms with van der Waals surface area (Å²) in [6, 6.07) is 8.95. The normalized spacial score (nSPS) is 12.8. The number of thiazole rings is 1. The number of hydrogen-bond acceptors (Lipinski definition) is 3. The molecule has 0 amide bonds. The van der Waals surface area contributed by atoms with Gasteiger partial charge in [0.1, 0.15) is 5.01 Å². The van der Waals surface area contributed by atoms with Gasteiger partial charge in [-0.2, -0.15) is 0 Å². The lowest BCUT2D eigenvalue weighted by atomic mass is 9.98. The highest BCUT2D eigenvalue weighted by Crippen LogP contribution is 2.29. The summed E-state index contributed by atoms with van der Waals surface area (Å²) >= 11 is 1.78. The zero-order valence-electron chi connectivity index (χ0n) is 13.5. The van der Waals surface area contributed by atoms with Crippen molar-refractivity contribution in [1.82, 2.24) is 10.3 Å². The first-order valence-corrected chi connectivity index (χ1v) is 8.81. The van der Waals surface area contributed by atoms with Crippen molar-refractivity contribution in [3.8, 4) is 0 Å². The highest BCUT2D eigenvalue weighted by molar-refractivity contribution is 7.09. The Balaban J connectivity index is 2.37. The van der Waals surface area contributed by atoms with Gasteiger partial charge in [0.25, 0.3) is 0 Å². The molecule has 0 bridgehead atoms. The molecular formula is C18H26N2S. The summed E-state index contributed by atoms with van der Waals surface area (Å²) in [5.74, 6) is 0.489. The fourth-order valence-electron chi connectivity index (χ4n) is 2.46. The molecule has 0 spiro atoms. The number of nitrogens with one attached hydrogen (secondary N) is 1. The first-order valence-electron chi connectivity index (χ1n) is 7.93. The lowest BCUT2D eigenvalue weighted by Gasteiger charge is -2.19. The van der Waals surface area contributed by atoms with Crippen LogP contribution in [-0.2, 0) is 6.42 Å². The third-order valence-corrected chi connectivity index (χ3v) is 4.65. The Hall–Kier alpha value is -1.19. The van der Waals surface area contributed by atoms with Crippen LogP contribution in [-0.4, -0.2) is 11.5 Å². The van der Waals surface area contributed by atoms with E-state index in [9.17, 15) is 0 Å². The Morgan fingerprint density at radius 3 is 2.57 bits per heavy atom. The predicted molar refractivity (Wildman–Crippen MR) is 92.2 cm³/mol. The lowest BCUT2D eigenvalue weighted by Crippen LogP contribution is -2.24. The number of nitrogens with zero attached hydrogens (tertiary/aromatic N) is 1. The number of benzene rings is 1.